The highest BCUT2D eigenvalue weighted by molar-refractivity contribution is 5.91. The monoisotopic (exact) mass is 275 g/mol. The van der Waals surface area contributed by atoms with Crippen molar-refractivity contribution in [3.05, 3.63) is 34.9 Å². The van der Waals surface area contributed by atoms with Crippen molar-refractivity contribution in [1.29, 1.82) is 0 Å². The van der Waals surface area contributed by atoms with Gasteiger partial charge in [-0.15, -0.1) is 0 Å². The molecule has 2 aliphatic heterocycles. The van der Waals surface area contributed by atoms with Gasteiger partial charge in [0.15, 0.2) is 0 Å². The Hall–Kier alpha value is -1.39. The van der Waals surface area contributed by atoms with Crippen molar-refractivity contribution in [1.82, 2.24) is 5.32 Å². The molecule has 1 fully saturated rings. The van der Waals surface area contributed by atoms with Gasteiger partial charge in [0.05, 0.1) is 11.7 Å². The number of hydrogen-bond donors (Lipinski definition) is 1. The summed E-state index contributed by atoms with van der Waals surface area (Å²) in [7, 11) is 0. The van der Waals surface area contributed by atoms with Crippen molar-refractivity contribution in [3.8, 4) is 0 Å². The fourth-order valence-corrected chi connectivity index (χ4v) is 2.91. The first-order valence-electron chi connectivity index (χ1n) is 7.45. The lowest BCUT2D eigenvalue weighted by molar-refractivity contribution is -0.0300. The van der Waals surface area contributed by atoms with Crippen LogP contribution in [0.5, 0.6) is 0 Å². The van der Waals surface area contributed by atoms with E-state index in [1.54, 1.807) is 0 Å². The molecule has 3 rings (SSSR count). The Morgan fingerprint density at radius 3 is 3.20 bits per heavy atom. The summed E-state index contributed by atoms with van der Waals surface area (Å²) in [5, 5.41) is 3.32. The maximum Gasteiger partial charge on any atom is 0.338 e. The molecule has 4 heteroatoms. The van der Waals surface area contributed by atoms with Gasteiger partial charge in [0.25, 0.3) is 0 Å². The standard InChI is InChI=1S/C16H21NO3/c18-16(20-11-13-5-1-2-9-19-13)15-6-3-4-12-10-17-8-7-14(12)15/h3-4,6,13,17H,1-2,5,7-11H2. The van der Waals surface area contributed by atoms with E-state index >= 15 is 0 Å². The van der Waals surface area contributed by atoms with Gasteiger partial charge in [-0.3, -0.25) is 0 Å². The first kappa shape index (κ1) is 13.6. The molecule has 0 bridgehead atoms. The molecule has 0 saturated carbocycles. The Kier molecular flexibility index (Phi) is 4.33. The lowest BCUT2D eigenvalue weighted by atomic mass is 9.95. The van der Waals surface area contributed by atoms with Gasteiger partial charge in [-0.1, -0.05) is 12.1 Å². The van der Waals surface area contributed by atoms with Crippen molar-refractivity contribution in [2.24, 2.45) is 0 Å². The summed E-state index contributed by atoms with van der Waals surface area (Å²) in [6, 6.07) is 5.87. The molecule has 20 heavy (non-hydrogen) atoms. The summed E-state index contributed by atoms with van der Waals surface area (Å²) in [5.74, 6) is -0.210. The third-order valence-electron chi connectivity index (χ3n) is 4.03. The zero-order chi connectivity index (χ0) is 13.8. The molecule has 1 N–H and O–H groups in total. The molecule has 0 spiro atoms. The van der Waals surface area contributed by atoms with Gasteiger partial charge in [-0.2, -0.15) is 0 Å². The molecule has 4 nitrogen and oxygen atoms in total. The minimum Gasteiger partial charge on any atom is -0.459 e. The quantitative estimate of drug-likeness (QED) is 0.858. The Morgan fingerprint density at radius 2 is 2.35 bits per heavy atom. The lowest BCUT2D eigenvalue weighted by Crippen LogP contribution is -2.28. The molecule has 0 radical (unpaired) electrons. The molecule has 0 aromatic heterocycles. The van der Waals surface area contributed by atoms with Gasteiger partial charge in [0, 0.05) is 13.2 Å². The second kappa shape index (κ2) is 6.37. The van der Waals surface area contributed by atoms with Gasteiger partial charge in [0.1, 0.15) is 6.61 Å². The van der Waals surface area contributed by atoms with Crippen molar-refractivity contribution in [2.75, 3.05) is 19.8 Å². The maximum atomic E-state index is 12.3. The van der Waals surface area contributed by atoms with Crippen LogP contribution in [0.15, 0.2) is 18.2 Å². The van der Waals surface area contributed by atoms with Crippen molar-refractivity contribution >= 4 is 5.97 Å². The van der Waals surface area contributed by atoms with Crippen LogP contribution in [-0.2, 0) is 22.4 Å². The highest BCUT2D eigenvalue weighted by atomic mass is 16.6. The second-order valence-corrected chi connectivity index (χ2v) is 5.46. The number of esters is 1. The highest BCUT2D eigenvalue weighted by Gasteiger charge is 2.20. The van der Waals surface area contributed by atoms with Gasteiger partial charge in [0.2, 0.25) is 0 Å². The minimum atomic E-state index is -0.210. The van der Waals surface area contributed by atoms with Crippen molar-refractivity contribution in [3.63, 3.8) is 0 Å². The van der Waals surface area contributed by atoms with E-state index in [9.17, 15) is 4.79 Å². The summed E-state index contributed by atoms with van der Waals surface area (Å²) in [5.41, 5.74) is 3.07. The predicted molar refractivity (Wildman–Crippen MR) is 75.7 cm³/mol. The average molecular weight is 275 g/mol. The molecule has 2 aliphatic rings. The van der Waals surface area contributed by atoms with Crippen molar-refractivity contribution in [2.45, 2.75) is 38.3 Å². The summed E-state index contributed by atoms with van der Waals surface area (Å²) in [6.07, 6.45) is 4.23. The molecular formula is C16H21NO3. The van der Waals surface area contributed by atoms with Crippen LogP contribution in [0.4, 0.5) is 0 Å². The summed E-state index contributed by atoms with van der Waals surface area (Å²) in [6.45, 7) is 2.92. The fourth-order valence-electron chi connectivity index (χ4n) is 2.91. The molecule has 1 unspecified atom stereocenters. The first-order chi connectivity index (χ1) is 9.84. The number of carbonyl (C=O) groups excluding carboxylic acids is 1. The maximum absolute atomic E-state index is 12.3. The van der Waals surface area contributed by atoms with Crippen LogP contribution < -0.4 is 5.32 Å². The van der Waals surface area contributed by atoms with Gasteiger partial charge in [-0.05, 0) is 49.4 Å². The molecule has 108 valence electrons. The molecule has 1 aromatic carbocycles. The van der Waals surface area contributed by atoms with E-state index in [0.29, 0.717) is 6.61 Å². The summed E-state index contributed by atoms with van der Waals surface area (Å²) in [4.78, 5) is 12.3. The number of nitrogens with one attached hydrogen (secondary N) is 1. The third-order valence-corrected chi connectivity index (χ3v) is 4.03. The first-order valence-corrected chi connectivity index (χ1v) is 7.45. The zero-order valence-corrected chi connectivity index (χ0v) is 11.7. The van der Waals surface area contributed by atoms with E-state index in [1.807, 2.05) is 12.1 Å². The molecular weight excluding hydrogens is 254 g/mol. The zero-order valence-electron chi connectivity index (χ0n) is 11.7. The number of benzene rings is 1. The number of fused-ring (bicyclic) bond motifs is 1. The molecule has 1 aromatic rings. The van der Waals surface area contributed by atoms with Crippen LogP contribution in [0.25, 0.3) is 0 Å². The predicted octanol–water partition coefficient (Wildman–Crippen LogP) is 2.06. The van der Waals surface area contributed by atoms with Crippen molar-refractivity contribution < 1.29 is 14.3 Å². The summed E-state index contributed by atoms with van der Waals surface area (Å²) >= 11 is 0. The molecule has 1 atom stereocenters. The smallest absolute Gasteiger partial charge is 0.338 e. The Labute approximate surface area is 119 Å². The van der Waals surface area contributed by atoms with Crippen LogP contribution in [-0.4, -0.2) is 31.8 Å². The Morgan fingerprint density at radius 1 is 1.40 bits per heavy atom. The third kappa shape index (κ3) is 3.02. The Balaban J connectivity index is 1.64. The minimum absolute atomic E-state index is 0.0777. The number of ether oxygens (including phenoxy) is 2. The highest BCUT2D eigenvalue weighted by Crippen LogP contribution is 2.20. The molecule has 2 heterocycles. The average Bonchev–Trinajstić information content (AvgIpc) is 2.53. The van der Waals surface area contributed by atoms with Crippen LogP contribution in [0.2, 0.25) is 0 Å². The second-order valence-electron chi connectivity index (χ2n) is 5.46. The van der Waals surface area contributed by atoms with Gasteiger partial charge >= 0.3 is 5.97 Å². The van der Waals surface area contributed by atoms with E-state index in [0.717, 1.165) is 56.5 Å². The number of hydrogen-bond acceptors (Lipinski definition) is 4. The molecule has 0 aliphatic carbocycles. The number of rotatable bonds is 3. The van der Waals surface area contributed by atoms with Crippen LogP contribution in [0, 0.1) is 0 Å². The van der Waals surface area contributed by atoms with Crippen LogP contribution in [0.1, 0.15) is 40.7 Å². The van der Waals surface area contributed by atoms with Gasteiger partial charge < -0.3 is 14.8 Å². The lowest BCUT2D eigenvalue weighted by Gasteiger charge is -2.23. The van der Waals surface area contributed by atoms with Crippen LogP contribution >= 0.6 is 0 Å². The fraction of sp³-hybridized carbons (Fsp3) is 0.562. The Bertz CT molecular complexity index is 481. The normalized spacial score (nSPS) is 22.1. The number of carbonyl (C=O) groups is 1. The van der Waals surface area contributed by atoms with Gasteiger partial charge in [-0.25, -0.2) is 4.79 Å². The summed E-state index contributed by atoms with van der Waals surface area (Å²) < 4.78 is 11.0. The molecule has 1 saturated heterocycles. The van der Waals surface area contributed by atoms with Crippen LogP contribution in [0.3, 0.4) is 0 Å². The van der Waals surface area contributed by atoms with E-state index < -0.39 is 0 Å². The van der Waals surface area contributed by atoms with E-state index in [4.69, 9.17) is 9.47 Å². The van der Waals surface area contributed by atoms with E-state index in [-0.39, 0.29) is 12.1 Å². The van der Waals surface area contributed by atoms with E-state index in [2.05, 4.69) is 11.4 Å². The SMILES string of the molecule is O=C(OCC1CCCCO1)c1cccc2c1CCNC2. The largest absolute Gasteiger partial charge is 0.459 e. The topological polar surface area (TPSA) is 47.6 Å². The molecule has 0 amide bonds. The van der Waals surface area contributed by atoms with E-state index in [1.165, 1.54) is 5.56 Å².